The topological polar surface area (TPSA) is 77.8 Å². The predicted octanol–water partition coefficient (Wildman–Crippen LogP) is 1.82. The van der Waals surface area contributed by atoms with Crippen LogP contribution in [0.15, 0.2) is 23.2 Å². The van der Waals surface area contributed by atoms with Gasteiger partial charge in [0.1, 0.15) is 5.82 Å². The molecule has 1 unspecified atom stereocenters. The number of anilines is 1. The molecule has 0 aliphatic heterocycles. The van der Waals surface area contributed by atoms with E-state index in [2.05, 4.69) is 9.97 Å². The fraction of sp³-hybridized carbons (Fsp3) is 0.111. The lowest BCUT2D eigenvalue weighted by atomic mass is 10.1. The average molecular weight is 241 g/mol. The molecule has 78 valence electrons. The zero-order chi connectivity index (χ0) is 10.8. The summed E-state index contributed by atoms with van der Waals surface area (Å²) in [5.74, 6) is 0.389. The van der Waals surface area contributed by atoms with Crippen LogP contribution in [0.25, 0.3) is 0 Å². The Labute approximate surface area is 95.9 Å². The number of nitrogens with zero attached hydrogens (tertiary/aromatic N) is 2. The van der Waals surface area contributed by atoms with Gasteiger partial charge in [-0.1, -0.05) is 11.6 Å². The highest BCUT2D eigenvalue weighted by Crippen LogP contribution is 2.25. The van der Waals surface area contributed by atoms with Gasteiger partial charge in [-0.3, -0.25) is 0 Å². The molecule has 0 aliphatic carbocycles. The van der Waals surface area contributed by atoms with E-state index in [0.717, 1.165) is 5.69 Å². The second-order valence-electron chi connectivity index (χ2n) is 3.02. The molecule has 0 amide bonds. The van der Waals surface area contributed by atoms with Crippen molar-refractivity contribution in [2.45, 2.75) is 6.04 Å². The molecule has 2 rings (SSSR count). The molecule has 6 heteroatoms. The van der Waals surface area contributed by atoms with Crippen LogP contribution in [0.5, 0.6) is 0 Å². The first-order valence-electron chi connectivity index (χ1n) is 4.23. The van der Waals surface area contributed by atoms with Crippen LogP contribution in [0.1, 0.15) is 17.3 Å². The Morgan fingerprint density at radius 2 is 2.20 bits per heavy atom. The minimum atomic E-state index is -0.373. The van der Waals surface area contributed by atoms with Crippen molar-refractivity contribution >= 4 is 28.8 Å². The summed E-state index contributed by atoms with van der Waals surface area (Å²) >= 11 is 7.32. The maximum absolute atomic E-state index is 6.00. The maximum Gasteiger partial charge on any atom is 0.128 e. The monoisotopic (exact) mass is 240 g/mol. The molecule has 0 fully saturated rings. The molecular formula is C9H9ClN4S. The number of hydrogen-bond acceptors (Lipinski definition) is 5. The number of pyridine rings is 1. The summed E-state index contributed by atoms with van der Waals surface area (Å²) < 4.78 is 0. The van der Waals surface area contributed by atoms with Crippen LogP contribution < -0.4 is 11.5 Å². The molecule has 0 bridgehead atoms. The number of nitrogen functional groups attached to an aromatic ring is 1. The summed E-state index contributed by atoms with van der Waals surface area (Å²) in [4.78, 5) is 8.08. The zero-order valence-corrected chi connectivity index (χ0v) is 9.29. The van der Waals surface area contributed by atoms with E-state index in [1.807, 2.05) is 5.38 Å². The molecule has 4 N–H and O–H groups in total. The van der Waals surface area contributed by atoms with Crippen molar-refractivity contribution in [1.82, 2.24) is 9.97 Å². The van der Waals surface area contributed by atoms with E-state index in [1.165, 1.54) is 17.5 Å². The standard InChI is InChI=1S/C9H9ClN4S/c10-5-1-6(9(12)13-2-5)8(11)7-3-15-4-14-7/h1-4,8H,11H2,(H2,12,13). The zero-order valence-electron chi connectivity index (χ0n) is 7.72. The van der Waals surface area contributed by atoms with Crippen LogP contribution in [0.3, 0.4) is 0 Å². The number of halogens is 1. The molecular weight excluding hydrogens is 232 g/mol. The van der Waals surface area contributed by atoms with Gasteiger partial charge in [0, 0.05) is 17.1 Å². The van der Waals surface area contributed by atoms with E-state index < -0.39 is 0 Å². The van der Waals surface area contributed by atoms with Gasteiger partial charge in [0.2, 0.25) is 0 Å². The summed E-state index contributed by atoms with van der Waals surface area (Å²) in [5.41, 5.74) is 14.9. The van der Waals surface area contributed by atoms with Crippen LogP contribution in [0.4, 0.5) is 5.82 Å². The average Bonchev–Trinajstić information content (AvgIpc) is 2.74. The molecule has 0 radical (unpaired) electrons. The van der Waals surface area contributed by atoms with Crippen molar-refractivity contribution < 1.29 is 0 Å². The molecule has 1 atom stereocenters. The first-order chi connectivity index (χ1) is 7.18. The molecule has 2 aromatic rings. The highest BCUT2D eigenvalue weighted by molar-refractivity contribution is 7.07. The van der Waals surface area contributed by atoms with Crippen LogP contribution >= 0.6 is 22.9 Å². The highest BCUT2D eigenvalue weighted by atomic mass is 35.5. The van der Waals surface area contributed by atoms with E-state index in [9.17, 15) is 0 Å². The van der Waals surface area contributed by atoms with Crippen LogP contribution in [-0.2, 0) is 0 Å². The summed E-state index contributed by atoms with van der Waals surface area (Å²) in [5, 5.41) is 2.40. The van der Waals surface area contributed by atoms with Crippen molar-refractivity contribution in [3.8, 4) is 0 Å². The van der Waals surface area contributed by atoms with E-state index in [4.69, 9.17) is 23.1 Å². The van der Waals surface area contributed by atoms with Gasteiger partial charge in [0.15, 0.2) is 0 Å². The van der Waals surface area contributed by atoms with Crippen LogP contribution in [-0.4, -0.2) is 9.97 Å². The Morgan fingerprint density at radius 1 is 1.40 bits per heavy atom. The summed E-state index contributed by atoms with van der Waals surface area (Å²) in [6.45, 7) is 0. The van der Waals surface area contributed by atoms with E-state index in [1.54, 1.807) is 11.6 Å². The second kappa shape index (κ2) is 4.14. The minimum Gasteiger partial charge on any atom is -0.383 e. The number of nitrogens with two attached hydrogens (primary N) is 2. The molecule has 0 saturated heterocycles. The van der Waals surface area contributed by atoms with E-state index in [-0.39, 0.29) is 6.04 Å². The first-order valence-corrected chi connectivity index (χ1v) is 5.55. The fourth-order valence-electron chi connectivity index (χ4n) is 1.25. The Balaban J connectivity index is 2.41. The Bertz CT molecular complexity index is 457. The van der Waals surface area contributed by atoms with Crippen molar-refractivity contribution in [3.63, 3.8) is 0 Å². The molecule has 0 saturated carbocycles. The van der Waals surface area contributed by atoms with Crippen molar-refractivity contribution in [3.05, 3.63) is 39.4 Å². The third-order valence-corrected chi connectivity index (χ3v) is 2.83. The van der Waals surface area contributed by atoms with Gasteiger partial charge >= 0.3 is 0 Å². The number of thiazole rings is 1. The van der Waals surface area contributed by atoms with E-state index in [0.29, 0.717) is 16.4 Å². The van der Waals surface area contributed by atoms with Gasteiger partial charge in [0.25, 0.3) is 0 Å². The second-order valence-corrected chi connectivity index (χ2v) is 4.17. The predicted molar refractivity (Wildman–Crippen MR) is 61.8 cm³/mol. The molecule has 0 aliphatic rings. The quantitative estimate of drug-likeness (QED) is 0.840. The van der Waals surface area contributed by atoms with Crippen molar-refractivity contribution in [2.24, 2.45) is 5.73 Å². The summed E-state index contributed by atoms with van der Waals surface area (Å²) in [7, 11) is 0. The van der Waals surface area contributed by atoms with Gasteiger partial charge in [-0.15, -0.1) is 11.3 Å². The molecule has 2 aromatic heterocycles. The molecule has 0 aromatic carbocycles. The molecule has 15 heavy (non-hydrogen) atoms. The van der Waals surface area contributed by atoms with Gasteiger partial charge in [0.05, 0.1) is 22.3 Å². The summed E-state index contributed by atoms with van der Waals surface area (Å²) in [6, 6.07) is 1.34. The van der Waals surface area contributed by atoms with Crippen LogP contribution in [0, 0.1) is 0 Å². The van der Waals surface area contributed by atoms with E-state index >= 15 is 0 Å². The lowest BCUT2D eigenvalue weighted by molar-refractivity contribution is 0.836. The SMILES string of the molecule is Nc1ncc(Cl)cc1C(N)c1cscn1. The molecule has 2 heterocycles. The minimum absolute atomic E-state index is 0.373. The van der Waals surface area contributed by atoms with Gasteiger partial charge in [-0.25, -0.2) is 9.97 Å². The third-order valence-electron chi connectivity index (χ3n) is 2.02. The Kier molecular flexibility index (Phi) is 2.86. The third kappa shape index (κ3) is 2.09. The smallest absolute Gasteiger partial charge is 0.128 e. The lowest BCUT2D eigenvalue weighted by Crippen LogP contribution is -2.15. The largest absolute Gasteiger partial charge is 0.383 e. The fourth-order valence-corrected chi connectivity index (χ4v) is 2.01. The Morgan fingerprint density at radius 3 is 2.87 bits per heavy atom. The van der Waals surface area contributed by atoms with Crippen molar-refractivity contribution in [1.29, 1.82) is 0 Å². The lowest BCUT2D eigenvalue weighted by Gasteiger charge is -2.11. The number of rotatable bonds is 2. The summed E-state index contributed by atoms with van der Waals surface area (Å²) in [6.07, 6.45) is 1.49. The molecule has 4 nitrogen and oxygen atoms in total. The number of aromatic nitrogens is 2. The Hall–Kier alpha value is -1.17. The maximum atomic E-state index is 6.00. The van der Waals surface area contributed by atoms with Crippen LogP contribution in [0.2, 0.25) is 5.02 Å². The van der Waals surface area contributed by atoms with Gasteiger partial charge in [-0.05, 0) is 6.07 Å². The normalized spacial score (nSPS) is 12.7. The van der Waals surface area contributed by atoms with Gasteiger partial charge < -0.3 is 11.5 Å². The van der Waals surface area contributed by atoms with Gasteiger partial charge in [-0.2, -0.15) is 0 Å². The highest BCUT2D eigenvalue weighted by Gasteiger charge is 2.14. The molecule has 0 spiro atoms. The number of hydrogen-bond donors (Lipinski definition) is 2. The first kappa shape index (κ1) is 10.4. The van der Waals surface area contributed by atoms with Crippen molar-refractivity contribution in [2.75, 3.05) is 5.73 Å².